The van der Waals surface area contributed by atoms with Crippen LogP contribution >= 0.6 is 11.6 Å². The van der Waals surface area contributed by atoms with Crippen LogP contribution in [0.25, 0.3) is 5.65 Å². The molecule has 3 heterocycles. The fourth-order valence-corrected chi connectivity index (χ4v) is 3.85. The number of hydrogen-bond acceptors (Lipinski definition) is 4. The molecule has 168 valence electrons. The summed E-state index contributed by atoms with van der Waals surface area (Å²) in [6.45, 7) is 2.03. The van der Waals surface area contributed by atoms with Gasteiger partial charge in [0.25, 0.3) is 0 Å². The van der Waals surface area contributed by atoms with E-state index in [2.05, 4.69) is 10.3 Å². The second-order valence-corrected chi connectivity index (χ2v) is 8.42. The lowest BCUT2D eigenvalue weighted by Crippen LogP contribution is -2.52. The number of nitrogens with zero attached hydrogens (tertiary/aromatic N) is 3. The summed E-state index contributed by atoms with van der Waals surface area (Å²) in [5, 5.41) is 3.61. The number of pyridine rings is 1. The Kier molecular flexibility index (Phi) is 6.04. The molecule has 0 aliphatic carbocycles. The zero-order valence-corrected chi connectivity index (χ0v) is 18.6. The third-order valence-corrected chi connectivity index (χ3v) is 5.79. The van der Waals surface area contributed by atoms with E-state index in [4.69, 9.17) is 21.1 Å². The summed E-state index contributed by atoms with van der Waals surface area (Å²) in [6.07, 6.45) is 6.32. The van der Waals surface area contributed by atoms with E-state index in [1.165, 1.54) is 0 Å². The van der Waals surface area contributed by atoms with Gasteiger partial charge in [-0.05, 0) is 60.9 Å². The molecule has 2 amide bonds. The van der Waals surface area contributed by atoms with Crippen molar-refractivity contribution in [3.8, 4) is 17.2 Å². The summed E-state index contributed by atoms with van der Waals surface area (Å²) in [4.78, 5) is 18.5. The maximum atomic E-state index is 12.5. The summed E-state index contributed by atoms with van der Waals surface area (Å²) in [7, 11) is 0. The molecule has 33 heavy (non-hydrogen) atoms. The number of nitrogens with one attached hydrogen (secondary N) is 1. The molecule has 1 aliphatic heterocycles. The van der Waals surface area contributed by atoms with Gasteiger partial charge in [0, 0.05) is 42.8 Å². The Hall–Kier alpha value is -3.71. The van der Waals surface area contributed by atoms with Crippen LogP contribution < -0.4 is 14.8 Å². The topological polar surface area (TPSA) is 68.1 Å². The minimum Gasteiger partial charge on any atom is -0.493 e. The first-order chi connectivity index (χ1) is 16.1. The lowest BCUT2D eigenvalue weighted by Gasteiger charge is -2.39. The van der Waals surface area contributed by atoms with E-state index < -0.39 is 0 Å². The van der Waals surface area contributed by atoms with E-state index >= 15 is 0 Å². The Balaban J connectivity index is 1.05. The van der Waals surface area contributed by atoms with Gasteiger partial charge in [-0.25, -0.2) is 9.78 Å². The van der Waals surface area contributed by atoms with Crippen LogP contribution in [-0.4, -0.2) is 40.0 Å². The maximum Gasteiger partial charge on any atom is 0.321 e. The highest BCUT2D eigenvalue weighted by Gasteiger charge is 2.30. The molecule has 1 fully saturated rings. The fraction of sp³-hybridized carbons (Fsp3) is 0.200. The predicted molar refractivity (Wildman–Crippen MR) is 127 cm³/mol. The number of urea groups is 1. The molecule has 4 aromatic rings. The Labute approximate surface area is 196 Å². The Morgan fingerprint density at radius 2 is 1.88 bits per heavy atom. The van der Waals surface area contributed by atoms with E-state index in [1.807, 2.05) is 70.2 Å². The number of rotatable bonds is 7. The minimum atomic E-state index is -0.0846. The fourth-order valence-electron chi connectivity index (χ4n) is 3.72. The quantitative estimate of drug-likeness (QED) is 0.382. The van der Waals surface area contributed by atoms with Crippen molar-refractivity contribution in [3.05, 3.63) is 84.3 Å². The number of halogens is 1. The van der Waals surface area contributed by atoms with Gasteiger partial charge in [0.15, 0.2) is 0 Å². The number of aromatic nitrogens is 2. The lowest BCUT2D eigenvalue weighted by molar-refractivity contribution is 0.113. The summed E-state index contributed by atoms with van der Waals surface area (Å²) in [5.74, 6) is 2.61. The molecular formula is C25H23ClN4O3. The molecule has 7 nitrogen and oxygen atoms in total. The SMILES string of the molecule is O=C(Nc1ccc2nccn2c1)N1CC(CCOc2cccc(Oc3ccc(Cl)cc3)c2)C1. The summed E-state index contributed by atoms with van der Waals surface area (Å²) in [6, 6.07) is 18.4. The highest BCUT2D eigenvalue weighted by Crippen LogP contribution is 2.27. The van der Waals surface area contributed by atoms with E-state index in [9.17, 15) is 4.79 Å². The first-order valence-electron chi connectivity index (χ1n) is 10.8. The second-order valence-electron chi connectivity index (χ2n) is 7.98. The zero-order chi connectivity index (χ0) is 22.6. The summed E-state index contributed by atoms with van der Waals surface area (Å²) in [5.41, 5.74) is 1.59. The number of imidazole rings is 1. The van der Waals surface area contributed by atoms with Gasteiger partial charge >= 0.3 is 6.03 Å². The van der Waals surface area contributed by atoms with Gasteiger partial charge in [0.05, 0.1) is 12.3 Å². The first-order valence-corrected chi connectivity index (χ1v) is 11.2. The molecule has 0 radical (unpaired) electrons. The molecule has 1 saturated heterocycles. The van der Waals surface area contributed by atoms with Crippen molar-refractivity contribution in [2.75, 3.05) is 25.0 Å². The zero-order valence-electron chi connectivity index (χ0n) is 17.9. The molecule has 1 aliphatic rings. The number of amides is 2. The molecular weight excluding hydrogens is 440 g/mol. The van der Waals surface area contributed by atoms with E-state index in [0.29, 0.717) is 29.0 Å². The van der Waals surface area contributed by atoms with Gasteiger partial charge in [0.1, 0.15) is 22.9 Å². The highest BCUT2D eigenvalue weighted by molar-refractivity contribution is 6.30. The lowest BCUT2D eigenvalue weighted by atomic mass is 9.97. The Bertz CT molecular complexity index is 1250. The molecule has 1 N–H and O–H groups in total. The molecule has 0 atom stereocenters. The average molecular weight is 463 g/mol. The number of benzene rings is 2. The van der Waals surface area contributed by atoms with Gasteiger partial charge in [-0.2, -0.15) is 0 Å². The standard InChI is InChI=1S/C25H23ClN4O3/c26-19-4-7-21(8-5-19)33-23-3-1-2-22(14-23)32-13-10-18-15-30(16-18)25(31)28-20-6-9-24-27-11-12-29(24)17-20/h1-9,11-12,14,17-18H,10,13,15-16H2,(H,28,31). The minimum absolute atomic E-state index is 0.0846. The van der Waals surface area contributed by atoms with Gasteiger partial charge in [0.2, 0.25) is 0 Å². The molecule has 0 saturated carbocycles. The monoisotopic (exact) mass is 462 g/mol. The molecule has 0 bridgehead atoms. The van der Waals surface area contributed by atoms with Crippen LogP contribution in [0.3, 0.4) is 0 Å². The molecule has 0 unspecified atom stereocenters. The predicted octanol–water partition coefficient (Wildman–Crippen LogP) is 5.71. The molecule has 2 aromatic heterocycles. The van der Waals surface area contributed by atoms with Crippen LogP contribution in [0, 0.1) is 5.92 Å². The highest BCUT2D eigenvalue weighted by atomic mass is 35.5. The Morgan fingerprint density at radius 3 is 2.73 bits per heavy atom. The van der Waals surface area contributed by atoms with Crippen molar-refractivity contribution in [1.29, 1.82) is 0 Å². The van der Waals surface area contributed by atoms with Crippen LogP contribution in [0.2, 0.25) is 5.02 Å². The number of hydrogen-bond donors (Lipinski definition) is 1. The van der Waals surface area contributed by atoms with E-state index in [1.54, 1.807) is 18.3 Å². The number of ether oxygens (including phenoxy) is 2. The molecule has 0 spiro atoms. The van der Waals surface area contributed by atoms with Crippen molar-refractivity contribution in [2.24, 2.45) is 5.92 Å². The largest absolute Gasteiger partial charge is 0.493 e. The number of anilines is 1. The van der Waals surface area contributed by atoms with Crippen molar-refractivity contribution in [3.63, 3.8) is 0 Å². The smallest absolute Gasteiger partial charge is 0.321 e. The Morgan fingerprint density at radius 1 is 1.06 bits per heavy atom. The van der Waals surface area contributed by atoms with Crippen molar-refractivity contribution in [1.82, 2.24) is 14.3 Å². The third kappa shape index (κ3) is 5.21. The van der Waals surface area contributed by atoms with Crippen molar-refractivity contribution < 1.29 is 14.3 Å². The molecule has 5 rings (SSSR count). The first kappa shape index (κ1) is 21.2. The number of likely N-dealkylation sites (tertiary alicyclic amines) is 1. The third-order valence-electron chi connectivity index (χ3n) is 5.53. The van der Waals surface area contributed by atoms with Gasteiger partial charge < -0.3 is 24.1 Å². The van der Waals surface area contributed by atoms with Crippen LogP contribution in [-0.2, 0) is 0 Å². The van der Waals surface area contributed by atoms with Crippen molar-refractivity contribution in [2.45, 2.75) is 6.42 Å². The van der Waals surface area contributed by atoms with Crippen LogP contribution in [0.5, 0.6) is 17.2 Å². The molecule has 2 aromatic carbocycles. The second kappa shape index (κ2) is 9.42. The van der Waals surface area contributed by atoms with Crippen molar-refractivity contribution >= 4 is 29.0 Å². The number of carbonyl (C=O) groups is 1. The summed E-state index contributed by atoms with van der Waals surface area (Å²) < 4.78 is 13.6. The van der Waals surface area contributed by atoms with E-state index in [0.717, 1.165) is 36.6 Å². The number of fused-ring (bicyclic) bond motifs is 1. The van der Waals surface area contributed by atoms with Gasteiger partial charge in [-0.1, -0.05) is 17.7 Å². The van der Waals surface area contributed by atoms with Crippen LogP contribution in [0.1, 0.15) is 6.42 Å². The molecule has 8 heteroatoms. The summed E-state index contributed by atoms with van der Waals surface area (Å²) >= 11 is 5.91. The van der Waals surface area contributed by atoms with Crippen LogP contribution in [0.4, 0.5) is 10.5 Å². The maximum absolute atomic E-state index is 12.5. The van der Waals surface area contributed by atoms with Gasteiger partial charge in [-0.15, -0.1) is 0 Å². The van der Waals surface area contributed by atoms with Crippen LogP contribution in [0.15, 0.2) is 79.3 Å². The normalized spacial score (nSPS) is 13.5. The van der Waals surface area contributed by atoms with E-state index in [-0.39, 0.29) is 6.03 Å². The average Bonchev–Trinajstić information content (AvgIpc) is 3.25. The number of carbonyl (C=O) groups excluding carboxylic acids is 1. The van der Waals surface area contributed by atoms with Gasteiger partial charge in [-0.3, -0.25) is 0 Å².